The molecule has 0 aromatic heterocycles. The number of hydrogen-bond acceptors (Lipinski definition) is 2. The van der Waals surface area contributed by atoms with Gasteiger partial charge in [-0.25, -0.2) is 13.6 Å². The van der Waals surface area contributed by atoms with Crippen LogP contribution in [0.5, 0.6) is 0 Å². The van der Waals surface area contributed by atoms with Gasteiger partial charge in [-0.3, -0.25) is 0 Å². The first-order valence-corrected chi connectivity index (χ1v) is 5.75. The van der Waals surface area contributed by atoms with Crippen LogP contribution >= 0.6 is 0 Å². The van der Waals surface area contributed by atoms with E-state index in [-0.39, 0.29) is 11.7 Å². The highest BCUT2D eigenvalue weighted by molar-refractivity contribution is 5.89. The first-order chi connectivity index (χ1) is 8.65. The number of amides is 2. The number of hydrogen-bond donors (Lipinski definition) is 2. The summed E-state index contributed by atoms with van der Waals surface area (Å²) in [7, 11) is 0. The van der Waals surface area contributed by atoms with Crippen molar-refractivity contribution in [1.82, 2.24) is 5.32 Å². The molecule has 1 heterocycles. The Bertz CT molecular complexity index is 434. The third kappa shape index (κ3) is 3.40. The van der Waals surface area contributed by atoms with Gasteiger partial charge in [0.05, 0.1) is 0 Å². The highest BCUT2D eigenvalue weighted by Crippen LogP contribution is 2.13. The van der Waals surface area contributed by atoms with Gasteiger partial charge in [-0.1, -0.05) is 0 Å². The lowest BCUT2D eigenvalue weighted by Gasteiger charge is -2.23. The molecule has 6 heteroatoms. The van der Waals surface area contributed by atoms with Gasteiger partial charge >= 0.3 is 6.03 Å². The number of carbonyl (C=O) groups excluding carboxylic acids is 1. The van der Waals surface area contributed by atoms with Gasteiger partial charge in [0.2, 0.25) is 0 Å². The fraction of sp³-hybridized carbons (Fsp3) is 0.417. The molecule has 0 saturated carbocycles. The van der Waals surface area contributed by atoms with E-state index in [0.717, 1.165) is 25.0 Å². The molecule has 1 aromatic carbocycles. The van der Waals surface area contributed by atoms with Crippen molar-refractivity contribution in [2.75, 3.05) is 18.5 Å². The predicted molar refractivity (Wildman–Crippen MR) is 62.4 cm³/mol. The molecule has 1 fully saturated rings. The van der Waals surface area contributed by atoms with Crippen molar-refractivity contribution in [2.24, 2.45) is 0 Å². The van der Waals surface area contributed by atoms with Crippen LogP contribution in [0.25, 0.3) is 0 Å². The maximum Gasteiger partial charge on any atom is 0.319 e. The van der Waals surface area contributed by atoms with Crippen LogP contribution in [0.1, 0.15) is 12.8 Å². The van der Waals surface area contributed by atoms with Crippen molar-refractivity contribution in [3.8, 4) is 0 Å². The SMILES string of the molecule is O=C(Nc1ccc(F)c(F)c1)NC1CCOCC1. The number of ether oxygens (including phenoxy) is 1. The second-order valence-corrected chi connectivity index (χ2v) is 4.11. The third-order valence-corrected chi connectivity index (χ3v) is 2.73. The molecule has 1 aromatic rings. The summed E-state index contributed by atoms with van der Waals surface area (Å²) in [6.45, 7) is 1.24. The number of benzene rings is 1. The fourth-order valence-corrected chi connectivity index (χ4v) is 1.77. The average molecular weight is 256 g/mol. The second-order valence-electron chi connectivity index (χ2n) is 4.11. The van der Waals surface area contributed by atoms with Gasteiger partial charge < -0.3 is 15.4 Å². The summed E-state index contributed by atoms with van der Waals surface area (Å²) in [4.78, 5) is 11.6. The van der Waals surface area contributed by atoms with E-state index in [1.165, 1.54) is 6.07 Å². The summed E-state index contributed by atoms with van der Waals surface area (Å²) < 4.78 is 30.8. The van der Waals surface area contributed by atoms with Crippen molar-refractivity contribution in [2.45, 2.75) is 18.9 Å². The normalized spacial score (nSPS) is 16.3. The van der Waals surface area contributed by atoms with Crippen LogP contribution in [0.4, 0.5) is 19.3 Å². The average Bonchev–Trinajstić information content (AvgIpc) is 2.35. The highest BCUT2D eigenvalue weighted by Gasteiger charge is 2.16. The van der Waals surface area contributed by atoms with Gasteiger partial charge in [-0.15, -0.1) is 0 Å². The van der Waals surface area contributed by atoms with Crippen LogP contribution in [0.3, 0.4) is 0 Å². The summed E-state index contributed by atoms with van der Waals surface area (Å²) in [6.07, 6.45) is 1.51. The summed E-state index contributed by atoms with van der Waals surface area (Å²) in [5.74, 6) is -1.93. The molecule has 4 nitrogen and oxygen atoms in total. The van der Waals surface area contributed by atoms with Crippen LogP contribution in [-0.4, -0.2) is 25.3 Å². The Labute approximate surface area is 103 Å². The van der Waals surface area contributed by atoms with Gasteiger partial charge in [0.1, 0.15) is 0 Å². The van der Waals surface area contributed by atoms with Crippen LogP contribution < -0.4 is 10.6 Å². The number of nitrogens with one attached hydrogen (secondary N) is 2. The van der Waals surface area contributed by atoms with E-state index in [1.807, 2.05) is 0 Å². The fourth-order valence-electron chi connectivity index (χ4n) is 1.77. The van der Waals surface area contributed by atoms with Crippen LogP contribution in [0.15, 0.2) is 18.2 Å². The Morgan fingerprint density at radius 1 is 1.22 bits per heavy atom. The lowest BCUT2D eigenvalue weighted by molar-refractivity contribution is 0.0806. The van der Waals surface area contributed by atoms with Gasteiger partial charge in [0.25, 0.3) is 0 Å². The maximum atomic E-state index is 12.9. The highest BCUT2D eigenvalue weighted by atomic mass is 19.2. The van der Waals surface area contributed by atoms with Crippen molar-refractivity contribution in [3.63, 3.8) is 0 Å². The number of halogens is 2. The zero-order valence-corrected chi connectivity index (χ0v) is 9.71. The van der Waals surface area contributed by atoms with Crippen molar-refractivity contribution < 1.29 is 18.3 Å². The minimum Gasteiger partial charge on any atom is -0.381 e. The first-order valence-electron chi connectivity index (χ1n) is 5.75. The lowest BCUT2D eigenvalue weighted by Crippen LogP contribution is -2.41. The van der Waals surface area contributed by atoms with Crippen LogP contribution in [0.2, 0.25) is 0 Å². The Hall–Kier alpha value is -1.69. The molecule has 18 heavy (non-hydrogen) atoms. The largest absolute Gasteiger partial charge is 0.381 e. The molecule has 1 aliphatic heterocycles. The van der Waals surface area contributed by atoms with E-state index < -0.39 is 17.7 Å². The van der Waals surface area contributed by atoms with E-state index >= 15 is 0 Å². The molecule has 2 amide bonds. The third-order valence-electron chi connectivity index (χ3n) is 2.73. The van der Waals surface area contributed by atoms with Crippen molar-refractivity contribution in [3.05, 3.63) is 29.8 Å². The Balaban J connectivity index is 1.88. The number of rotatable bonds is 2. The van der Waals surface area contributed by atoms with E-state index in [2.05, 4.69) is 10.6 Å². The van der Waals surface area contributed by atoms with E-state index in [4.69, 9.17) is 4.74 Å². The van der Waals surface area contributed by atoms with Crippen molar-refractivity contribution >= 4 is 11.7 Å². The second kappa shape index (κ2) is 5.77. The van der Waals surface area contributed by atoms with Gasteiger partial charge in [-0.2, -0.15) is 0 Å². The van der Waals surface area contributed by atoms with Crippen LogP contribution in [-0.2, 0) is 4.74 Å². The smallest absolute Gasteiger partial charge is 0.319 e. The molecular weight excluding hydrogens is 242 g/mol. The van der Waals surface area contributed by atoms with E-state index in [1.54, 1.807) is 0 Å². The summed E-state index contributed by atoms with van der Waals surface area (Å²) in [5.41, 5.74) is 0.221. The molecule has 0 spiro atoms. The van der Waals surface area contributed by atoms with E-state index in [9.17, 15) is 13.6 Å². The summed E-state index contributed by atoms with van der Waals surface area (Å²) in [5, 5.41) is 5.21. The van der Waals surface area contributed by atoms with E-state index in [0.29, 0.717) is 13.2 Å². The Morgan fingerprint density at radius 2 is 1.94 bits per heavy atom. The molecule has 2 N–H and O–H groups in total. The Morgan fingerprint density at radius 3 is 2.61 bits per heavy atom. The Kier molecular flexibility index (Phi) is 4.09. The molecule has 1 aliphatic rings. The number of anilines is 1. The lowest BCUT2D eigenvalue weighted by atomic mass is 10.1. The monoisotopic (exact) mass is 256 g/mol. The quantitative estimate of drug-likeness (QED) is 0.852. The predicted octanol–water partition coefficient (Wildman–Crippen LogP) is 2.27. The maximum absolute atomic E-state index is 12.9. The number of urea groups is 1. The summed E-state index contributed by atoms with van der Waals surface area (Å²) in [6, 6.07) is 2.86. The minimum atomic E-state index is -0.987. The number of carbonyl (C=O) groups is 1. The molecule has 1 saturated heterocycles. The summed E-state index contributed by atoms with van der Waals surface area (Å²) >= 11 is 0. The molecule has 0 unspecified atom stereocenters. The molecule has 0 radical (unpaired) electrons. The molecule has 0 aliphatic carbocycles. The molecule has 98 valence electrons. The van der Waals surface area contributed by atoms with Gasteiger partial charge in [0, 0.05) is 31.0 Å². The first kappa shape index (κ1) is 12.8. The van der Waals surface area contributed by atoms with Gasteiger partial charge in [0.15, 0.2) is 11.6 Å². The zero-order valence-electron chi connectivity index (χ0n) is 9.71. The zero-order chi connectivity index (χ0) is 13.0. The molecule has 2 rings (SSSR count). The molecule has 0 bridgehead atoms. The van der Waals surface area contributed by atoms with Crippen molar-refractivity contribution in [1.29, 1.82) is 0 Å². The topological polar surface area (TPSA) is 50.4 Å². The van der Waals surface area contributed by atoms with Gasteiger partial charge in [-0.05, 0) is 25.0 Å². The molecular formula is C12H14F2N2O2. The van der Waals surface area contributed by atoms with Crippen LogP contribution in [0, 0.1) is 11.6 Å². The minimum absolute atomic E-state index is 0.0593. The molecule has 0 atom stereocenters. The standard InChI is InChI=1S/C12H14F2N2O2/c13-10-2-1-9(7-11(10)14)16-12(17)15-8-3-5-18-6-4-8/h1-2,7-8H,3-6H2,(H2,15,16,17).